The predicted molar refractivity (Wildman–Crippen MR) is 112 cm³/mol. The molecule has 150 valence electrons. The SMILES string of the molecule is C=C1CCC(C(=O)OCC)(c2cccc(OCOCC[Si](C)(C)C)c2)CC1. The summed E-state index contributed by atoms with van der Waals surface area (Å²) in [5.41, 5.74) is 1.57. The van der Waals surface area contributed by atoms with Gasteiger partial charge in [-0.1, -0.05) is 43.9 Å². The zero-order valence-corrected chi connectivity index (χ0v) is 18.3. The standard InChI is InChI=1S/C22H34O4Si/c1-6-25-21(23)22(12-10-18(2)11-13-22)19-8-7-9-20(16-19)26-17-24-14-15-27(3,4)5/h7-9,16H,2,6,10-15,17H2,1,3-5H3. The van der Waals surface area contributed by atoms with Gasteiger partial charge in [0.1, 0.15) is 5.75 Å². The molecule has 27 heavy (non-hydrogen) atoms. The second kappa shape index (κ2) is 9.56. The fraction of sp³-hybridized carbons (Fsp3) is 0.591. The molecular formula is C22H34O4Si. The number of carbonyl (C=O) groups is 1. The quantitative estimate of drug-likeness (QED) is 0.188. The molecule has 0 amide bonds. The fourth-order valence-corrected chi connectivity index (χ4v) is 4.10. The Morgan fingerprint density at radius 2 is 1.93 bits per heavy atom. The highest BCUT2D eigenvalue weighted by atomic mass is 28.3. The van der Waals surface area contributed by atoms with Crippen molar-refractivity contribution in [3.05, 3.63) is 42.0 Å². The average molecular weight is 391 g/mol. The van der Waals surface area contributed by atoms with Crippen LogP contribution in [0, 0.1) is 0 Å². The molecule has 0 radical (unpaired) electrons. The van der Waals surface area contributed by atoms with E-state index >= 15 is 0 Å². The summed E-state index contributed by atoms with van der Waals surface area (Å²) >= 11 is 0. The van der Waals surface area contributed by atoms with E-state index in [-0.39, 0.29) is 12.8 Å². The van der Waals surface area contributed by atoms with Gasteiger partial charge >= 0.3 is 5.97 Å². The summed E-state index contributed by atoms with van der Waals surface area (Å²) in [7, 11) is -1.09. The maximum absolute atomic E-state index is 12.8. The van der Waals surface area contributed by atoms with Crippen LogP contribution in [0.4, 0.5) is 0 Å². The highest BCUT2D eigenvalue weighted by Gasteiger charge is 2.43. The Hall–Kier alpha value is -1.59. The molecule has 1 aliphatic rings. The van der Waals surface area contributed by atoms with E-state index in [2.05, 4.69) is 26.2 Å². The minimum absolute atomic E-state index is 0.138. The second-order valence-corrected chi connectivity index (χ2v) is 14.2. The molecule has 1 saturated carbocycles. The Morgan fingerprint density at radius 3 is 2.56 bits per heavy atom. The molecule has 1 aromatic carbocycles. The first-order valence-corrected chi connectivity index (χ1v) is 13.6. The zero-order chi connectivity index (χ0) is 19.9. The van der Waals surface area contributed by atoms with Crippen molar-refractivity contribution in [1.29, 1.82) is 0 Å². The van der Waals surface area contributed by atoms with E-state index < -0.39 is 13.5 Å². The van der Waals surface area contributed by atoms with Gasteiger partial charge in [-0.3, -0.25) is 4.79 Å². The van der Waals surface area contributed by atoms with Crippen molar-refractivity contribution in [3.63, 3.8) is 0 Å². The van der Waals surface area contributed by atoms with Crippen LogP contribution in [0.1, 0.15) is 38.2 Å². The normalized spacial score (nSPS) is 16.8. The lowest BCUT2D eigenvalue weighted by molar-refractivity contribution is -0.151. The molecule has 2 rings (SSSR count). The molecule has 1 fully saturated rings. The van der Waals surface area contributed by atoms with E-state index in [1.165, 1.54) is 5.57 Å². The van der Waals surface area contributed by atoms with Gasteiger partial charge in [0.15, 0.2) is 6.79 Å². The molecule has 0 unspecified atom stereocenters. The van der Waals surface area contributed by atoms with Crippen LogP contribution in [0.5, 0.6) is 5.75 Å². The van der Waals surface area contributed by atoms with Crippen molar-refractivity contribution >= 4 is 14.0 Å². The maximum Gasteiger partial charge on any atom is 0.316 e. The van der Waals surface area contributed by atoms with E-state index in [1.54, 1.807) is 0 Å². The molecule has 0 saturated heterocycles. The van der Waals surface area contributed by atoms with Gasteiger partial charge in [-0.15, -0.1) is 0 Å². The highest BCUT2D eigenvalue weighted by Crippen LogP contribution is 2.43. The van der Waals surface area contributed by atoms with Crippen LogP contribution in [0.15, 0.2) is 36.4 Å². The van der Waals surface area contributed by atoms with Crippen molar-refractivity contribution < 1.29 is 19.0 Å². The number of hydrogen-bond donors (Lipinski definition) is 0. The topological polar surface area (TPSA) is 44.8 Å². The molecule has 0 aliphatic heterocycles. The van der Waals surface area contributed by atoms with Crippen LogP contribution >= 0.6 is 0 Å². The van der Waals surface area contributed by atoms with E-state index in [9.17, 15) is 4.79 Å². The van der Waals surface area contributed by atoms with Crippen molar-refractivity contribution in [2.24, 2.45) is 0 Å². The average Bonchev–Trinajstić information content (AvgIpc) is 2.62. The molecule has 0 atom stereocenters. The number of hydrogen-bond acceptors (Lipinski definition) is 4. The summed E-state index contributed by atoms with van der Waals surface area (Å²) in [4.78, 5) is 12.8. The summed E-state index contributed by atoms with van der Waals surface area (Å²) in [6.45, 7) is 14.3. The van der Waals surface area contributed by atoms with Crippen molar-refractivity contribution in [3.8, 4) is 5.75 Å². The number of esters is 1. The minimum Gasteiger partial charge on any atom is -0.468 e. The maximum atomic E-state index is 12.8. The lowest BCUT2D eigenvalue weighted by atomic mass is 9.68. The molecule has 0 aromatic heterocycles. The predicted octanol–water partition coefficient (Wildman–Crippen LogP) is 5.31. The molecule has 0 bridgehead atoms. The lowest BCUT2D eigenvalue weighted by Crippen LogP contribution is -2.39. The molecule has 0 heterocycles. The van der Waals surface area contributed by atoms with Gasteiger partial charge in [0.05, 0.1) is 12.0 Å². The van der Waals surface area contributed by atoms with Crippen molar-refractivity contribution in [1.82, 2.24) is 0 Å². The van der Waals surface area contributed by atoms with Gasteiger partial charge in [-0.05, 0) is 56.3 Å². The van der Waals surface area contributed by atoms with Crippen LogP contribution in [-0.4, -0.2) is 34.0 Å². The smallest absolute Gasteiger partial charge is 0.316 e. The number of rotatable bonds is 9. The van der Waals surface area contributed by atoms with Gasteiger partial charge in [0, 0.05) is 14.7 Å². The Bertz CT molecular complexity index is 638. The van der Waals surface area contributed by atoms with Crippen LogP contribution < -0.4 is 4.74 Å². The third-order valence-electron chi connectivity index (χ3n) is 5.17. The first-order chi connectivity index (χ1) is 12.8. The van der Waals surface area contributed by atoms with Crippen molar-refractivity contribution in [2.45, 2.75) is 63.7 Å². The number of benzene rings is 1. The molecular weight excluding hydrogens is 356 g/mol. The molecule has 5 heteroatoms. The van der Waals surface area contributed by atoms with Crippen LogP contribution in [0.3, 0.4) is 0 Å². The first kappa shape index (κ1) is 21.7. The molecule has 4 nitrogen and oxygen atoms in total. The Labute approximate surface area is 164 Å². The minimum atomic E-state index is -1.09. The molecule has 0 N–H and O–H groups in total. The van der Waals surface area contributed by atoms with E-state index in [0.29, 0.717) is 6.61 Å². The highest BCUT2D eigenvalue weighted by molar-refractivity contribution is 6.76. The third kappa shape index (κ3) is 6.21. The van der Waals surface area contributed by atoms with Gasteiger partial charge in [-0.25, -0.2) is 0 Å². The number of allylic oxidation sites excluding steroid dienone is 1. The second-order valence-electron chi connectivity index (χ2n) is 8.56. The van der Waals surface area contributed by atoms with Crippen molar-refractivity contribution in [2.75, 3.05) is 20.0 Å². The van der Waals surface area contributed by atoms with E-state index in [4.69, 9.17) is 14.2 Å². The molecule has 1 aliphatic carbocycles. The van der Waals surface area contributed by atoms with E-state index in [1.807, 2.05) is 31.2 Å². The largest absolute Gasteiger partial charge is 0.468 e. The summed E-state index contributed by atoms with van der Waals surface area (Å²) in [6, 6.07) is 8.94. The van der Waals surface area contributed by atoms with Gasteiger partial charge in [0.25, 0.3) is 0 Å². The summed E-state index contributed by atoms with van der Waals surface area (Å²) < 4.78 is 16.8. The number of ether oxygens (including phenoxy) is 3. The fourth-order valence-electron chi connectivity index (χ4n) is 3.34. The molecule has 1 aromatic rings. The first-order valence-electron chi connectivity index (χ1n) is 9.92. The van der Waals surface area contributed by atoms with Gasteiger partial charge < -0.3 is 14.2 Å². The monoisotopic (exact) mass is 390 g/mol. The summed E-state index contributed by atoms with van der Waals surface area (Å²) in [5, 5.41) is 0. The summed E-state index contributed by atoms with van der Waals surface area (Å²) in [5.74, 6) is 0.592. The number of carbonyl (C=O) groups excluding carboxylic acids is 1. The van der Waals surface area contributed by atoms with Crippen LogP contribution in [0.25, 0.3) is 0 Å². The third-order valence-corrected chi connectivity index (χ3v) is 6.87. The van der Waals surface area contributed by atoms with Gasteiger partial charge in [-0.2, -0.15) is 0 Å². The Morgan fingerprint density at radius 1 is 1.22 bits per heavy atom. The zero-order valence-electron chi connectivity index (χ0n) is 17.3. The Kier molecular flexibility index (Phi) is 7.68. The summed E-state index contributed by atoms with van der Waals surface area (Å²) in [6.07, 6.45) is 3.18. The lowest BCUT2D eigenvalue weighted by Gasteiger charge is -2.36. The van der Waals surface area contributed by atoms with Gasteiger partial charge in [0.2, 0.25) is 0 Å². The Balaban J connectivity index is 2.06. The van der Waals surface area contributed by atoms with E-state index in [0.717, 1.165) is 49.6 Å². The van der Waals surface area contributed by atoms with Crippen LogP contribution in [-0.2, 0) is 19.7 Å². The van der Waals surface area contributed by atoms with Crippen LogP contribution in [0.2, 0.25) is 25.7 Å². The molecule has 0 spiro atoms.